The van der Waals surface area contributed by atoms with Crippen LogP contribution in [0, 0.1) is 21.7 Å². The maximum atomic E-state index is 2.40. The van der Waals surface area contributed by atoms with Gasteiger partial charge < -0.3 is 0 Å². The molecule has 0 N–H and O–H groups in total. The second-order valence-electron chi connectivity index (χ2n) is 8.28. The summed E-state index contributed by atoms with van der Waals surface area (Å²) < 4.78 is 0. The second-order valence-corrected chi connectivity index (χ2v) is 8.28. The van der Waals surface area contributed by atoms with Gasteiger partial charge in [0.1, 0.15) is 0 Å². The minimum atomic E-state index is 0.232. The largest absolute Gasteiger partial charge is 0.0818 e. The molecular formula is C16H32. The minimum absolute atomic E-state index is 0.232. The predicted octanol–water partition coefficient (Wildman–Crippen LogP) is 5.69. The standard InChI is InChI=1S/C16H32/c1-13(2,3)15(7,8)11-12-16(9,10)14(4,5)6/h11-12H,1-10H3/b12-11-. The molecule has 0 aromatic rings. The van der Waals surface area contributed by atoms with Crippen LogP contribution < -0.4 is 0 Å². The van der Waals surface area contributed by atoms with Gasteiger partial charge in [-0.25, -0.2) is 0 Å². The van der Waals surface area contributed by atoms with Gasteiger partial charge in [-0.3, -0.25) is 0 Å². The SMILES string of the molecule is CC(C)(C)C(C)(C)/C=C\C(C)(C)C(C)(C)C. The molecule has 0 saturated carbocycles. The molecule has 16 heavy (non-hydrogen) atoms. The van der Waals surface area contributed by atoms with Gasteiger partial charge in [-0.15, -0.1) is 0 Å². The summed E-state index contributed by atoms with van der Waals surface area (Å²) >= 11 is 0. The lowest BCUT2D eigenvalue weighted by Gasteiger charge is -2.40. The summed E-state index contributed by atoms with van der Waals surface area (Å²) in [5.41, 5.74) is 1.07. The maximum absolute atomic E-state index is 2.40. The van der Waals surface area contributed by atoms with E-state index in [0.29, 0.717) is 10.8 Å². The molecule has 0 spiro atoms. The van der Waals surface area contributed by atoms with E-state index < -0.39 is 0 Å². The van der Waals surface area contributed by atoms with Crippen molar-refractivity contribution in [1.29, 1.82) is 0 Å². The number of hydrogen-bond acceptors (Lipinski definition) is 0. The van der Waals surface area contributed by atoms with Crippen molar-refractivity contribution in [3.8, 4) is 0 Å². The second kappa shape index (κ2) is 4.20. The van der Waals surface area contributed by atoms with Crippen molar-refractivity contribution in [3.63, 3.8) is 0 Å². The van der Waals surface area contributed by atoms with E-state index in [1.807, 2.05) is 0 Å². The third kappa shape index (κ3) is 3.64. The van der Waals surface area contributed by atoms with E-state index in [0.717, 1.165) is 0 Å². The van der Waals surface area contributed by atoms with Crippen LogP contribution in [0.3, 0.4) is 0 Å². The normalized spacial score (nSPS) is 15.9. The lowest BCUT2D eigenvalue weighted by atomic mass is 9.65. The fourth-order valence-electron chi connectivity index (χ4n) is 0.917. The van der Waals surface area contributed by atoms with Gasteiger partial charge in [-0.05, 0) is 21.7 Å². The Morgan fingerprint density at radius 3 is 0.750 bits per heavy atom. The monoisotopic (exact) mass is 224 g/mol. The first-order valence-electron chi connectivity index (χ1n) is 6.41. The molecule has 0 saturated heterocycles. The van der Waals surface area contributed by atoms with Crippen molar-refractivity contribution in [2.75, 3.05) is 0 Å². The molecule has 0 rings (SSSR count). The first-order chi connectivity index (χ1) is 6.71. The number of hydrogen-bond donors (Lipinski definition) is 0. The molecule has 0 fully saturated rings. The Bertz CT molecular complexity index is 223. The third-order valence-electron chi connectivity index (χ3n) is 4.78. The van der Waals surface area contributed by atoms with Crippen LogP contribution in [-0.2, 0) is 0 Å². The average molecular weight is 224 g/mol. The Balaban J connectivity index is 5.01. The molecule has 0 nitrogen and oxygen atoms in total. The molecule has 0 heterocycles. The van der Waals surface area contributed by atoms with Crippen molar-refractivity contribution in [3.05, 3.63) is 12.2 Å². The molecule has 0 heteroatoms. The maximum Gasteiger partial charge on any atom is -0.0126 e. The first kappa shape index (κ1) is 15.7. The molecule has 0 unspecified atom stereocenters. The third-order valence-corrected chi connectivity index (χ3v) is 4.78. The van der Waals surface area contributed by atoms with Crippen LogP contribution >= 0.6 is 0 Å². The van der Waals surface area contributed by atoms with E-state index in [1.165, 1.54) is 0 Å². The zero-order valence-electron chi connectivity index (χ0n) is 13.2. The molecule has 0 radical (unpaired) electrons. The van der Waals surface area contributed by atoms with Gasteiger partial charge >= 0.3 is 0 Å². The van der Waals surface area contributed by atoms with Crippen molar-refractivity contribution in [1.82, 2.24) is 0 Å². The van der Waals surface area contributed by atoms with Gasteiger partial charge in [-0.1, -0.05) is 81.4 Å². The zero-order chi connectivity index (χ0) is 13.4. The lowest BCUT2D eigenvalue weighted by molar-refractivity contribution is 0.172. The van der Waals surface area contributed by atoms with Gasteiger partial charge in [0.2, 0.25) is 0 Å². The van der Waals surface area contributed by atoms with Gasteiger partial charge in [0, 0.05) is 0 Å². The summed E-state index contributed by atoms with van der Waals surface area (Å²) in [6, 6.07) is 0. The Morgan fingerprint density at radius 1 is 0.438 bits per heavy atom. The van der Waals surface area contributed by atoms with Crippen molar-refractivity contribution < 1.29 is 0 Å². The quantitative estimate of drug-likeness (QED) is 0.529. The van der Waals surface area contributed by atoms with Crippen LogP contribution in [0.15, 0.2) is 12.2 Å². The fourth-order valence-corrected chi connectivity index (χ4v) is 0.917. The Morgan fingerprint density at radius 2 is 0.625 bits per heavy atom. The van der Waals surface area contributed by atoms with Crippen LogP contribution in [0.5, 0.6) is 0 Å². The highest BCUT2D eigenvalue weighted by molar-refractivity contribution is 5.08. The molecule has 0 aliphatic heterocycles. The molecule has 0 atom stereocenters. The summed E-state index contributed by atoms with van der Waals surface area (Å²) in [6.45, 7) is 23.1. The van der Waals surface area contributed by atoms with Crippen LogP contribution in [0.1, 0.15) is 69.2 Å². The minimum Gasteiger partial charge on any atom is -0.0818 e. The number of allylic oxidation sites excluding steroid dienone is 2. The van der Waals surface area contributed by atoms with Crippen LogP contribution in [0.25, 0.3) is 0 Å². The van der Waals surface area contributed by atoms with Crippen LogP contribution in [0.4, 0.5) is 0 Å². The average Bonchev–Trinajstić information content (AvgIpc) is 1.97. The molecule has 0 aromatic carbocycles. The summed E-state index contributed by atoms with van der Waals surface area (Å²) in [6.07, 6.45) is 4.80. The van der Waals surface area contributed by atoms with Gasteiger partial charge in [0.15, 0.2) is 0 Å². The van der Waals surface area contributed by atoms with Crippen molar-refractivity contribution in [2.45, 2.75) is 69.2 Å². The molecule has 0 aliphatic rings. The Labute approximate surface area is 104 Å². The van der Waals surface area contributed by atoms with Crippen molar-refractivity contribution >= 4 is 0 Å². The highest BCUT2D eigenvalue weighted by Gasteiger charge is 2.34. The van der Waals surface area contributed by atoms with Crippen LogP contribution in [-0.4, -0.2) is 0 Å². The summed E-state index contributed by atoms with van der Waals surface area (Å²) in [4.78, 5) is 0. The Hall–Kier alpha value is -0.260. The van der Waals surface area contributed by atoms with E-state index >= 15 is 0 Å². The Kier molecular flexibility index (Phi) is 4.13. The van der Waals surface area contributed by atoms with Gasteiger partial charge in [0.25, 0.3) is 0 Å². The van der Waals surface area contributed by atoms with E-state index in [-0.39, 0.29) is 10.8 Å². The molecule has 96 valence electrons. The summed E-state index contributed by atoms with van der Waals surface area (Å²) in [5, 5.41) is 0. The van der Waals surface area contributed by atoms with E-state index in [4.69, 9.17) is 0 Å². The van der Waals surface area contributed by atoms with E-state index in [2.05, 4.69) is 81.4 Å². The van der Waals surface area contributed by atoms with Crippen molar-refractivity contribution in [2.24, 2.45) is 21.7 Å². The summed E-state index contributed by atoms with van der Waals surface area (Å²) in [7, 11) is 0. The zero-order valence-corrected chi connectivity index (χ0v) is 13.2. The smallest absolute Gasteiger partial charge is 0.0126 e. The highest BCUT2D eigenvalue weighted by Crippen LogP contribution is 2.43. The lowest BCUT2D eigenvalue weighted by Crippen LogP contribution is -2.31. The molecule has 0 bridgehead atoms. The van der Waals surface area contributed by atoms with Crippen LogP contribution in [0.2, 0.25) is 0 Å². The molecule has 0 amide bonds. The number of rotatable bonds is 2. The first-order valence-corrected chi connectivity index (χ1v) is 6.41. The highest BCUT2D eigenvalue weighted by atomic mass is 14.4. The fraction of sp³-hybridized carbons (Fsp3) is 0.875. The molecule has 0 aromatic heterocycles. The predicted molar refractivity (Wildman–Crippen MR) is 75.6 cm³/mol. The van der Waals surface area contributed by atoms with E-state index in [1.54, 1.807) is 0 Å². The van der Waals surface area contributed by atoms with E-state index in [9.17, 15) is 0 Å². The molecular weight excluding hydrogens is 192 g/mol. The summed E-state index contributed by atoms with van der Waals surface area (Å²) in [5.74, 6) is 0. The van der Waals surface area contributed by atoms with Gasteiger partial charge in [0.05, 0.1) is 0 Å². The molecule has 0 aliphatic carbocycles. The van der Waals surface area contributed by atoms with Gasteiger partial charge in [-0.2, -0.15) is 0 Å². The topological polar surface area (TPSA) is 0 Å².